The van der Waals surface area contributed by atoms with Crippen LogP contribution in [0.5, 0.6) is 0 Å². The lowest BCUT2D eigenvalue weighted by Crippen LogP contribution is -2.41. The van der Waals surface area contributed by atoms with Crippen molar-refractivity contribution in [1.29, 1.82) is 0 Å². The van der Waals surface area contributed by atoms with E-state index >= 15 is 0 Å². The number of nitrogens with zero attached hydrogens (tertiary/aromatic N) is 3. The first-order valence-corrected chi connectivity index (χ1v) is 7.91. The van der Waals surface area contributed by atoms with Gasteiger partial charge in [-0.05, 0) is 44.1 Å². The van der Waals surface area contributed by atoms with E-state index in [2.05, 4.69) is 41.0 Å². The molecule has 3 rings (SSSR count). The third kappa shape index (κ3) is 3.23. The number of carbonyl (C=O) groups is 1. The number of hydrogen-bond acceptors (Lipinski definition) is 4. The topological polar surface area (TPSA) is 58.1 Å². The summed E-state index contributed by atoms with van der Waals surface area (Å²) in [6, 6.07) is 0.704. The van der Waals surface area contributed by atoms with Crippen molar-refractivity contribution >= 4 is 5.91 Å². The minimum Gasteiger partial charge on any atom is -0.345 e. The van der Waals surface area contributed by atoms with Crippen LogP contribution in [0.25, 0.3) is 0 Å². The second kappa shape index (κ2) is 5.72. The number of amides is 1. The number of carbonyl (C=O) groups excluding carboxylic acids is 1. The van der Waals surface area contributed by atoms with Crippen LogP contribution in [0.1, 0.15) is 55.7 Å². The van der Waals surface area contributed by atoms with Crippen molar-refractivity contribution in [2.45, 2.75) is 51.6 Å². The van der Waals surface area contributed by atoms with Gasteiger partial charge in [0.1, 0.15) is 0 Å². The van der Waals surface area contributed by atoms with Gasteiger partial charge >= 0.3 is 0 Å². The molecular weight excluding hydrogens is 264 g/mol. The molecule has 1 N–H and O–H groups in total. The summed E-state index contributed by atoms with van der Waals surface area (Å²) in [5.74, 6) is 1.22. The minimum atomic E-state index is -0.153. The Hall–Kier alpha value is -1.49. The average molecular weight is 288 g/mol. The third-order valence-corrected chi connectivity index (χ3v) is 4.61. The van der Waals surface area contributed by atoms with Crippen LogP contribution >= 0.6 is 0 Å². The largest absolute Gasteiger partial charge is 0.345 e. The molecule has 1 saturated carbocycles. The molecule has 1 amide bonds. The summed E-state index contributed by atoms with van der Waals surface area (Å²) >= 11 is 0. The summed E-state index contributed by atoms with van der Waals surface area (Å²) in [7, 11) is 0. The highest BCUT2D eigenvalue weighted by molar-refractivity contribution is 5.90. The third-order valence-electron chi connectivity index (χ3n) is 4.61. The van der Waals surface area contributed by atoms with E-state index in [1.807, 2.05) is 0 Å². The summed E-state index contributed by atoms with van der Waals surface area (Å²) in [5.41, 5.74) is 1.16. The van der Waals surface area contributed by atoms with Gasteiger partial charge in [-0.1, -0.05) is 6.92 Å². The molecule has 1 saturated heterocycles. The number of likely N-dealkylation sites (tertiary alicyclic amines) is 1. The van der Waals surface area contributed by atoms with Crippen molar-refractivity contribution < 1.29 is 4.79 Å². The molecule has 5 nitrogen and oxygen atoms in total. The monoisotopic (exact) mass is 288 g/mol. The molecule has 1 aliphatic heterocycles. The molecule has 2 heterocycles. The van der Waals surface area contributed by atoms with Crippen LogP contribution in [-0.4, -0.2) is 45.9 Å². The van der Waals surface area contributed by atoms with Crippen LogP contribution in [0.3, 0.4) is 0 Å². The molecule has 0 radical (unpaired) electrons. The van der Waals surface area contributed by atoms with Gasteiger partial charge in [-0.25, -0.2) is 9.97 Å². The van der Waals surface area contributed by atoms with Gasteiger partial charge in [-0.15, -0.1) is 0 Å². The van der Waals surface area contributed by atoms with E-state index in [9.17, 15) is 4.79 Å². The summed E-state index contributed by atoms with van der Waals surface area (Å²) in [5, 5.41) is 3.09. The quantitative estimate of drug-likeness (QED) is 0.918. The molecule has 0 bridgehead atoms. The molecule has 21 heavy (non-hydrogen) atoms. The lowest BCUT2D eigenvalue weighted by molar-refractivity contribution is 0.0920. The summed E-state index contributed by atoms with van der Waals surface area (Å²) in [6.45, 7) is 8.51. The molecule has 2 atom stereocenters. The average Bonchev–Trinajstić information content (AvgIpc) is 3.24. The highest BCUT2D eigenvalue weighted by atomic mass is 16.2. The predicted molar refractivity (Wildman–Crippen MR) is 81.1 cm³/mol. The molecule has 2 aliphatic rings. The summed E-state index contributed by atoms with van der Waals surface area (Å²) in [4.78, 5) is 23.1. The van der Waals surface area contributed by atoms with Crippen LogP contribution in [-0.2, 0) is 0 Å². The van der Waals surface area contributed by atoms with E-state index in [1.165, 1.54) is 12.8 Å². The van der Waals surface area contributed by atoms with Crippen LogP contribution < -0.4 is 5.32 Å². The zero-order valence-electron chi connectivity index (χ0n) is 13.0. The van der Waals surface area contributed by atoms with Gasteiger partial charge in [-0.2, -0.15) is 0 Å². The van der Waals surface area contributed by atoms with Gasteiger partial charge in [0.15, 0.2) is 0 Å². The van der Waals surface area contributed by atoms with E-state index < -0.39 is 0 Å². The smallest absolute Gasteiger partial charge is 0.289 e. The molecule has 2 fully saturated rings. The maximum atomic E-state index is 12.3. The number of hydrogen-bond donors (Lipinski definition) is 1. The lowest BCUT2D eigenvalue weighted by atomic mass is 10.1. The molecule has 0 spiro atoms. The Morgan fingerprint density at radius 1 is 1.29 bits per heavy atom. The fourth-order valence-corrected chi connectivity index (χ4v) is 2.93. The fourth-order valence-electron chi connectivity index (χ4n) is 2.93. The van der Waals surface area contributed by atoms with Crippen LogP contribution in [0.4, 0.5) is 0 Å². The van der Waals surface area contributed by atoms with Gasteiger partial charge in [0.25, 0.3) is 5.91 Å². The van der Waals surface area contributed by atoms with Crippen molar-refractivity contribution in [3.05, 3.63) is 23.8 Å². The van der Waals surface area contributed by atoms with Crippen molar-refractivity contribution in [3.8, 4) is 0 Å². The molecule has 0 aromatic carbocycles. The highest BCUT2D eigenvalue weighted by Crippen LogP contribution is 2.39. The Labute approximate surface area is 126 Å². The summed E-state index contributed by atoms with van der Waals surface area (Å²) in [6.07, 6.45) is 6.05. The van der Waals surface area contributed by atoms with Crippen molar-refractivity contribution in [2.75, 3.05) is 13.1 Å². The Bertz CT molecular complexity index is 510. The van der Waals surface area contributed by atoms with E-state index in [0.717, 1.165) is 18.7 Å². The minimum absolute atomic E-state index is 0.153. The molecule has 1 aromatic rings. The van der Waals surface area contributed by atoms with E-state index in [4.69, 9.17) is 0 Å². The Kier molecular flexibility index (Phi) is 3.93. The van der Waals surface area contributed by atoms with Crippen LogP contribution in [0, 0.1) is 5.92 Å². The molecule has 114 valence electrons. The standard InChI is InChI=1S/C16H24N4O/c1-10(2)20-8-11(3)14(9-20)19-16(21)15-17-6-13(7-18-15)12-4-5-12/h6-7,10-12,14H,4-5,8-9H2,1-3H3,(H,19,21)/t11-,14-/m0/s1. The van der Waals surface area contributed by atoms with Gasteiger partial charge in [0.05, 0.1) is 0 Å². The van der Waals surface area contributed by atoms with Crippen LogP contribution in [0.2, 0.25) is 0 Å². The maximum absolute atomic E-state index is 12.3. The Morgan fingerprint density at radius 3 is 2.48 bits per heavy atom. The maximum Gasteiger partial charge on any atom is 0.289 e. The van der Waals surface area contributed by atoms with Crippen molar-refractivity contribution in [2.24, 2.45) is 5.92 Å². The normalized spacial score (nSPS) is 26.3. The molecule has 1 aliphatic carbocycles. The first-order valence-electron chi connectivity index (χ1n) is 7.91. The van der Waals surface area contributed by atoms with Crippen molar-refractivity contribution in [1.82, 2.24) is 20.2 Å². The number of rotatable bonds is 4. The van der Waals surface area contributed by atoms with Crippen LogP contribution in [0.15, 0.2) is 12.4 Å². The zero-order valence-corrected chi connectivity index (χ0v) is 13.0. The van der Waals surface area contributed by atoms with Crippen molar-refractivity contribution in [3.63, 3.8) is 0 Å². The lowest BCUT2D eigenvalue weighted by Gasteiger charge is -2.20. The Balaban J connectivity index is 1.60. The number of aromatic nitrogens is 2. The zero-order chi connectivity index (χ0) is 15.0. The highest BCUT2D eigenvalue weighted by Gasteiger charge is 2.32. The molecular formula is C16H24N4O. The first-order chi connectivity index (χ1) is 10.0. The predicted octanol–water partition coefficient (Wildman–Crippen LogP) is 1.81. The van der Waals surface area contributed by atoms with E-state index in [1.54, 1.807) is 12.4 Å². The second-order valence-electron chi connectivity index (χ2n) is 6.72. The van der Waals surface area contributed by atoms with E-state index in [-0.39, 0.29) is 17.8 Å². The summed E-state index contributed by atoms with van der Waals surface area (Å²) < 4.78 is 0. The van der Waals surface area contributed by atoms with Gasteiger partial charge < -0.3 is 5.32 Å². The van der Waals surface area contributed by atoms with Gasteiger partial charge in [-0.3, -0.25) is 9.69 Å². The SMILES string of the molecule is CC(C)N1C[C@H](NC(=O)c2ncc(C3CC3)cn2)[C@@H](C)C1. The fraction of sp³-hybridized carbons (Fsp3) is 0.688. The second-order valence-corrected chi connectivity index (χ2v) is 6.72. The molecule has 5 heteroatoms. The van der Waals surface area contributed by atoms with Gasteiger partial charge in [0.2, 0.25) is 5.82 Å². The Morgan fingerprint density at radius 2 is 1.95 bits per heavy atom. The molecule has 0 unspecified atom stereocenters. The number of nitrogens with one attached hydrogen (secondary N) is 1. The van der Waals surface area contributed by atoms with Gasteiger partial charge in [0, 0.05) is 37.6 Å². The van der Waals surface area contributed by atoms with E-state index in [0.29, 0.717) is 17.9 Å². The molecule has 1 aromatic heterocycles. The first kappa shape index (κ1) is 14.4.